The number of carbonyl (C=O) groups excluding carboxylic acids is 2. The Labute approximate surface area is 104 Å². The Morgan fingerprint density at radius 1 is 1.38 bits per heavy atom. The Morgan fingerprint density at radius 3 is 2.31 bits per heavy atom. The second-order valence-electron chi connectivity index (χ2n) is 5.65. The third-order valence-electron chi connectivity index (χ3n) is 5.27. The van der Waals surface area contributed by atoms with E-state index in [1.807, 2.05) is 20.8 Å². The number of alkyl halides is 1. The first-order chi connectivity index (χ1) is 7.25. The third kappa shape index (κ3) is 0.918. The number of ketones is 1. The number of halogens is 1. The highest BCUT2D eigenvalue weighted by molar-refractivity contribution is 9.10. The predicted molar refractivity (Wildman–Crippen MR) is 63.3 cm³/mol. The summed E-state index contributed by atoms with van der Waals surface area (Å²) in [5.41, 5.74) is -1.44. The predicted octanol–water partition coefficient (Wildman–Crippen LogP) is 2.32. The molecule has 2 saturated carbocycles. The fourth-order valence-electron chi connectivity index (χ4n) is 3.59. The van der Waals surface area contributed by atoms with Gasteiger partial charge >= 0.3 is 5.97 Å². The molecule has 0 saturated heterocycles. The van der Waals surface area contributed by atoms with E-state index < -0.39 is 15.7 Å². The van der Waals surface area contributed by atoms with Crippen molar-refractivity contribution in [3.05, 3.63) is 0 Å². The molecule has 0 amide bonds. The van der Waals surface area contributed by atoms with Gasteiger partial charge in [-0.25, -0.2) is 0 Å². The van der Waals surface area contributed by atoms with Crippen molar-refractivity contribution in [1.29, 1.82) is 0 Å². The lowest BCUT2D eigenvalue weighted by Gasteiger charge is -2.38. The van der Waals surface area contributed by atoms with E-state index in [0.717, 1.165) is 12.8 Å². The fourth-order valence-corrected chi connectivity index (χ4v) is 5.08. The van der Waals surface area contributed by atoms with E-state index >= 15 is 0 Å². The van der Waals surface area contributed by atoms with Crippen LogP contribution in [0.25, 0.3) is 0 Å². The van der Waals surface area contributed by atoms with Gasteiger partial charge in [-0.05, 0) is 18.3 Å². The number of hydrogen-bond donors (Lipinski definition) is 0. The standard InChI is InChI=1S/C12H17BrO3/c1-10(2)11(3)5-6-12(10,9(15)16-4)7(13)8(11)14/h7H,5-6H2,1-4H3/t7-,11+,12-/m0/s1. The van der Waals surface area contributed by atoms with E-state index in [1.54, 1.807) is 0 Å². The quantitative estimate of drug-likeness (QED) is 0.549. The van der Waals surface area contributed by atoms with Crippen molar-refractivity contribution < 1.29 is 14.3 Å². The van der Waals surface area contributed by atoms with Crippen LogP contribution in [0.2, 0.25) is 0 Å². The van der Waals surface area contributed by atoms with Crippen molar-refractivity contribution in [2.75, 3.05) is 7.11 Å². The van der Waals surface area contributed by atoms with Crippen LogP contribution in [0.4, 0.5) is 0 Å². The lowest BCUT2D eigenvalue weighted by atomic mass is 9.65. The Kier molecular flexibility index (Phi) is 2.34. The van der Waals surface area contributed by atoms with E-state index in [1.165, 1.54) is 7.11 Å². The van der Waals surface area contributed by atoms with Gasteiger partial charge in [0.25, 0.3) is 0 Å². The Hall–Kier alpha value is -0.380. The summed E-state index contributed by atoms with van der Waals surface area (Å²) in [4.78, 5) is 24.0. The van der Waals surface area contributed by atoms with E-state index in [0.29, 0.717) is 0 Å². The molecule has 90 valence electrons. The zero-order valence-electron chi connectivity index (χ0n) is 10.1. The van der Waals surface area contributed by atoms with Crippen molar-refractivity contribution in [2.24, 2.45) is 16.2 Å². The Balaban J connectivity index is 2.63. The number of carbonyl (C=O) groups is 2. The van der Waals surface area contributed by atoms with Crippen LogP contribution in [0.1, 0.15) is 33.6 Å². The largest absolute Gasteiger partial charge is 0.469 e. The molecule has 0 aromatic carbocycles. The minimum atomic E-state index is -0.687. The van der Waals surface area contributed by atoms with Crippen molar-refractivity contribution in [2.45, 2.75) is 38.4 Å². The van der Waals surface area contributed by atoms with Gasteiger partial charge in [0.15, 0.2) is 5.78 Å². The SMILES string of the molecule is COC(=O)[C@]12CC[C@](C)(C(=O)[C@@H]1Br)C2(C)C. The van der Waals surface area contributed by atoms with E-state index in [9.17, 15) is 9.59 Å². The molecule has 0 aliphatic heterocycles. The second kappa shape index (κ2) is 3.09. The number of methoxy groups -OCH3 is 1. The average molecular weight is 289 g/mol. The van der Waals surface area contributed by atoms with Crippen LogP contribution in [0.15, 0.2) is 0 Å². The van der Waals surface area contributed by atoms with Gasteiger partial charge in [0.1, 0.15) is 0 Å². The molecule has 2 rings (SSSR count). The molecular formula is C12H17BrO3. The van der Waals surface area contributed by atoms with Crippen molar-refractivity contribution >= 4 is 27.7 Å². The monoisotopic (exact) mass is 288 g/mol. The molecule has 16 heavy (non-hydrogen) atoms. The van der Waals surface area contributed by atoms with Gasteiger partial charge in [0, 0.05) is 5.41 Å². The first-order valence-electron chi connectivity index (χ1n) is 5.52. The summed E-state index contributed by atoms with van der Waals surface area (Å²) < 4.78 is 4.93. The van der Waals surface area contributed by atoms with Gasteiger partial charge in [-0.1, -0.05) is 36.7 Å². The molecule has 0 unspecified atom stereocenters. The summed E-state index contributed by atoms with van der Waals surface area (Å²) in [5, 5.41) is 0. The molecule has 3 atom stereocenters. The van der Waals surface area contributed by atoms with Crippen LogP contribution in [0.5, 0.6) is 0 Å². The summed E-state index contributed by atoms with van der Waals surface area (Å²) in [5.74, 6) is -0.108. The summed E-state index contributed by atoms with van der Waals surface area (Å²) in [7, 11) is 1.39. The molecule has 3 nitrogen and oxygen atoms in total. The molecule has 0 aromatic heterocycles. The third-order valence-corrected chi connectivity index (χ3v) is 6.47. The Bertz CT molecular complexity index is 376. The molecule has 0 heterocycles. The van der Waals surface area contributed by atoms with Gasteiger partial charge < -0.3 is 4.74 Å². The highest BCUT2D eigenvalue weighted by Crippen LogP contribution is 2.72. The summed E-state index contributed by atoms with van der Waals surface area (Å²) in [6.07, 6.45) is 1.50. The smallest absolute Gasteiger partial charge is 0.313 e. The molecular weight excluding hydrogens is 272 g/mol. The highest BCUT2D eigenvalue weighted by Gasteiger charge is 2.77. The number of esters is 1. The van der Waals surface area contributed by atoms with Gasteiger partial charge in [0.05, 0.1) is 17.4 Å². The molecule has 0 radical (unpaired) electrons. The number of fused-ring (bicyclic) bond motifs is 2. The van der Waals surface area contributed by atoms with Crippen molar-refractivity contribution in [1.82, 2.24) is 0 Å². The average Bonchev–Trinajstić information content (AvgIpc) is 2.51. The maximum absolute atomic E-state index is 12.3. The van der Waals surface area contributed by atoms with Gasteiger partial charge in [-0.2, -0.15) is 0 Å². The number of ether oxygens (including phenoxy) is 1. The van der Waals surface area contributed by atoms with Crippen molar-refractivity contribution in [3.63, 3.8) is 0 Å². The van der Waals surface area contributed by atoms with Crippen LogP contribution >= 0.6 is 15.9 Å². The maximum atomic E-state index is 12.3. The Morgan fingerprint density at radius 2 is 1.94 bits per heavy atom. The van der Waals surface area contributed by atoms with Gasteiger partial charge in [0.2, 0.25) is 0 Å². The van der Waals surface area contributed by atoms with Gasteiger partial charge in [-0.15, -0.1) is 0 Å². The van der Waals surface area contributed by atoms with E-state index in [2.05, 4.69) is 15.9 Å². The minimum Gasteiger partial charge on any atom is -0.469 e. The van der Waals surface area contributed by atoms with Gasteiger partial charge in [-0.3, -0.25) is 9.59 Å². The van der Waals surface area contributed by atoms with Crippen LogP contribution < -0.4 is 0 Å². The fraction of sp³-hybridized carbons (Fsp3) is 0.833. The zero-order chi connectivity index (χ0) is 12.4. The molecule has 4 heteroatoms. The van der Waals surface area contributed by atoms with E-state index in [4.69, 9.17) is 4.74 Å². The molecule has 2 aliphatic rings. The van der Waals surface area contributed by atoms with Crippen LogP contribution in [-0.2, 0) is 14.3 Å². The topological polar surface area (TPSA) is 43.4 Å². The summed E-state index contributed by atoms with van der Waals surface area (Å²) in [6, 6.07) is 0. The molecule has 0 N–H and O–H groups in total. The zero-order valence-corrected chi connectivity index (χ0v) is 11.7. The molecule has 0 spiro atoms. The normalized spacial score (nSPS) is 44.8. The minimum absolute atomic E-state index is 0.147. The molecule has 0 aromatic rings. The highest BCUT2D eigenvalue weighted by atomic mass is 79.9. The van der Waals surface area contributed by atoms with Crippen LogP contribution in [0, 0.1) is 16.2 Å². The first kappa shape index (κ1) is 12.1. The maximum Gasteiger partial charge on any atom is 0.313 e. The number of Topliss-reactive ketones (excluding diaryl/α,β-unsaturated/α-hetero) is 1. The lowest BCUT2D eigenvalue weighted by Crippen LogP contribution is -2.45. The number of hydrogen-bond acceptors (Lipinski definition) is 3. The summed E-state index contributed by atoms with van der Waals surface area (Å²) >= 11 is 3.42. The molecule has 2 bridgehead atoms. The molecule has 2 fully saturated rings. The van der Waals surface area contributed by atoms with Crippen LogP contribution in [-0.4, -0.2) is 23.7 Å². The van der Waals surface area contributed by atoms with E-state index in [-0.39, 0.29) is 17.2 Å². The first-order valence-corrected chi connectivity index (χ1v) is 6.44. The molecule has 2 aliphatic carbocycles. The lowest BCUT2D eigenvalue weighted by molar-refractivity contribution is -0.157. The summed E-state index contributed by atoms with van der Waals surface area (Å²) in [6.45, 7) is 5.99. The van der Waals surface area contributed by atoms with Crippen LogP contribution in [0.3, 0.4) is 0 Å². The van der Waals surface area contributed by atoms with Crippen molar-refractivity contribution in [3.8, 4) is 0 Å². The second-order valence-corrected chi connectivity index (χ2v) is 6.56. The number of rotatable bonds is 1.